The van der Waals surface area contributed by atoms with Gasteiger partial charge in [-0.1, -0.05) is 63.5 Å². The van der Waals surface area contributed by atoms with Crippen molar-refractivity contribution in [3.05, 3.63) is 76.8 Å². The molecule has 0 radical (unpaired) electrons. The molecule has 35 heavy (non-hydrogen) atoms. The summed E-state index contributed by atoms with van der Waals surface area (Å²) in [6, 6.07) is 8.53. The van der Waals surface area contributed by atoms with Crippen molar-refractivity contribution in [3.8, 4) is 11.4 Å². The minimum Gasteiger partial charge on any atom is -0.368 e. The van der Waals surface area contributed by atoms with Gasteiger partial charge in [0.25, 0.3) is 0 Å². The molecule has 0 amide bonds. The Hall–Kier alpha value is -3.42. The summed E-state index contributed by atoms with van der Waals surface area (Å²) in [5.41, 5.74) is 2.78. The maximum Gasteiger partial charge on any atom is 0.328 e. The van der Waals surface area contributed by atoms with Crippen molar-refractivity contribution in [1.29, 1.82) is 0 Å². The SMILES string of the molecule is CCCCc1cn(C2CCCCC2C)c(=O)n1CC1(c2cccc(-c3nnn[nH]3)c2)C=CNC=C1. The van der Waals surface area contributed by atoms with E-state index in [1.165, 1.54) is 19.3 Å². The number of hydrogen-bond donors (Lipinski definition) is 2. The highest BCUT2D eigenvalue weighted by Gasteiger charge is 2.33. The molecule has 0 spiro atoms. The lowest BCUT2D eigenvalue weighted by molar-refractivity contribution is 0.250. The Morgan fingerprint density at radius 1 is 1.17 bits per heavy atom. The molecular weight excluding hydrogens is 438 g/mol. The first-order valence-electron chi connectivity index (χ1n) is 12.9. The molecule has 0 bridgehead atoms. The quantitative estimate of drug-likeness (QED) is 0.503. The van der Waals surface area contributed by atoms with Gasteiger partial charge in [-0.15, -0.1) is 5.10 Å². The Bertz CT molecular complexity index is 1240. The Labute approximate surface area is 206 Å². The van der Waals surface area contributed by atoms with Gasteiger partial charge in [0.1, 0.15) is 0 Å². The minimum absolute atomic E-state index is 0.116. The Morgan fingerprint density at radius 2 is 2.00 bits per heavy atom. The molecule has 2 atom stereocenters. The lowest BCUT2D eigenvalue weighted by Gasteiger charge is -2.31. The number of aryl methyl sites for hydroxylation is 1. The number of H-pyrrole nitrogens is 1. The van der Waals surface area contributed by atoms with Crippen molar-refractivity contribution >= 4 is 0 Å². The van der Waals surface area contributed by atoms with E-state index in [9.17, 15) is 4.79 Å². The zero-order chi connectivity index (χ0) is 24.3. The summed E-state index contributed by atoms with van der Waals surface area (Å²) in [6.45, 7) is 5.04. The van der Waals surface area contributed by atoms with Crippen LogP contribution >= 0.6 is 0 Å². The van der Waals surface area contributed by atoms with Crippen LogP contribution in [0.15, 0.2) is 59.8 Å². The zero-order valence-electron chi connectivity index (χ0n) is 20.7. The fourth-order valence-corrected chi connectivity index (χ4v) is 5.61. The van der Waals surface area contributed by atoms with Crippen molar-refractivity contribution in [1.82, 2.24) is 35.1 Å². The van der Waals surface area contributed by atoms with Gasteiger partial charge in [0.15, 0.2) is 5.82 Å². The van der Waals surface area contributed by atoms with Gasteiger partial charge in [0, 0.05) is 30.0 Å². The van der Waals surface area contributed by atoms with Crippen LogP contribution in [0, 0.1) is 5.92 Å². The zero-order valence-corrected chi connectivity index (χ0v) is 20.7. The summed E-state index contributed by atoms with van der Waals surface area (Å²) >= 11 is 0. The number of allylic oxidation sites excluding steroid dienone is 2. The topological polar surface area (TPSA) is 93.4 Å². The number of dihydropyridines is 1. The van der Waals surface area contributed by atoms with E-state index in [0.29, 0.717) is 18.3 Å². The van der Waals surface area contributed by atoms with Gasteiger partial charge in [-0.25, -0.2) is 9.89 Å². The third kappa shape index (κ3) is 4.61. The van der Waals surface area contributed by atoms with Crippen LogP contribution in [0.3, 0.4) is 0 Å². The van der Waals surface area contributed by atoms with Gasteiger partial charge >= 0.3 is 5.69 Å². The Balaban J connectivity index is 1.57. The van der Waals surface area contributed by atoms with E-state index >= 15 is 0 Å². The first kappa shape index (κ1) is 23.3. The summed E-state index contributed by atoms with van der Waals surface area (Å²) in [5.74, 6) is 1.15. The molecule has 1 fully saturated rings. The number of rotatable bonds is 8. The molecule has 8 nitrogen and oxygen atoms in total. The summed E-state index contributed by atoms with van der Waals surface area (Å²) in [7, 11) is 0. The molecule has 2 aliphatic rings. The number of hydrogen-bond acceptors (Lipinski definition) is 5. The number of nitrogens with zero attached hydrogens (tertiary/aromatic N) is 5. The number of aromatic amines is 1. The van der Waals surface area contributed by atoms with Crippen LogP contribution in [-0.4, -0.2) is 29.8 Å². The molecule has 2 N–H and O–H groups in total. The highest BCUT2D eigenvalue weighted by Crippen LogP contribution is 2.35. The van der Waals surface area contributed by atoms with Gasteiger partial charge in [0.05, 0.1) is 5.41 Å². The molecule has 8 heteroatoms. The molecule has 1 aliphatic carbocycles. The van der Waals surface area contributed by atoms with E-state index in [1.54, 1.807) is 0 Å². The summed E-state index contributed by atoms with van der Waals surface area (Å²) in [6.07, 6.45) is 18.2. The number of imidazole rings is 1. The van der Waals surface area contributed by atoms with E-state index in [2.05, 4.69) is 70.3 Å². The van der Waals surface area contributed by atoms with E-state index in [1.807, 2.05) is 33.7 Å². The predicted octanol–water partition coefficient (Wildman–Crippen LogP) is 4.49. The third-order valence-electron chi connectivity index (χ3n) is 7.69. The van der Waals surface area contributed by atoms with Gasteiger partial charge in [-0.05, 0) is 66.1 Å². The first-order chi connectivity index (χ1) is 17.1. The molecule has 3 aromatic rings. The van der Waals surface area contributed by atoms with Crippen LogP contribution < -0.4 is 11.0 Å². The van der Waals surface area contributed by atoms with Crippen LogP contribution in [-0.2, 0) is 18.4 Å². The number of benzene rings is 1. The van der Waals surface area contributed by atoms with Gasteiger partial charge in [-0.3, -0.25) is 9.13 Å². The average Bonchev–Trinajstić information content (AvgIpc) is 3.53. The van der Waals surface area contributed by atoms with Crippen LogP contribution in [0.1, 0.15) is 69.7 Å². The van der Waals surface area contributed by atoms with Crippen LogP contribution in [0.25, 0.3) is 11.4 Å². The van der Waals surface area contributed by atoms with Gasteiger partial charge in [0.2, 0.25) is 0 Å². The molecule has 1 saturated carbocycles. The Morgan fingerprint density at radius 3 is 2.74 bits per heavy atom. The molecule has 2 aromatic heterocycles. The smallest absolute Gasteiger partial charge is 0.328 e. The third-order valence-corrected chi connectivity index (χ3v) is 7.69. The van der Waals surface area contributed by atoms with Crippen molar-refractivity contribution < 1.29 is 0 Å². The fourth-order valence-electron chi connectivity index (χ4n) is 5.61. The second kappa shape index (κ2) is 10.1. The maximum absolute atomic E-state index is 13.9. The maximum atomic E-state index is 13.9. The fraction of sp³-hybridized carbons (Fsp3) is 0.481. The number of nitrogens with one attached hydrogen (secondary N) is 2. The lowest BCUT2D eigenvalue weighted by atomic mass is 9.78. The molecule has 2 unspecified atom stereocenters. The number of tetrazole rings is 1. The lowest BCUT2D eigenvalue weighted by Crippen LogP contribution is -2.38. The molecule has 1 aliphatic heterocycles. The molecule has 3 heterocycles. The highest BCUT2D eigenvalue weighted by atomic mass is 16.1. The van der Waals surface area contributed by atoms with E-state index in [0.717, 1.165) is 42.5 Å². The minimum atomic E-state index is -0.468. The molecule has 184 valence electrons. The van der Waals surface area contributed by atoms with Crippen molar-refractivity contribution in [2.45, 2.75) is 76.8 Å². The average molecular weight is 474 g/mol. The normalized spacial score (nSPS) is 21.2. The first-order valence-corrected chi connectivity index (χ1v) is 12.9. The molecule has 5 rings (SSSR count). The second-order valence-electron chi connectivity index (χ2n) is 10.0. The largest absolute Gasteiger partial charge is 0.368 e. The summed E-state index contributed by atoms with van der Waals surface area (Å²) < 4.78 is 4.08. The molecule has 1 aromatic carbocycles. The van der Waals surface area contributed by atoms with Crippen molar-refractivity contribution in [2.24, 2.45) is 5.92 Å². The predicted molar refractivity (Wildman–Crippen MR) is 137 cm³/mol. The van der Waals surface area contributed by atoms with Crippen molar-refractivity contribution in [3.63, 3.8) is 0 Å². The van der Waals surface area contributed by atoms with Gasteiger partial charge < -0.3 is 5.32 Å². The van der Waals surface area contributed by atoms with Crippen molar-refractivity contribution in [2.75, 3.05) is 0 Å². The van der Waals surface area contributed by atoms with Crippen LogP contribution in [0.4, 0.5) is 0 Å². The monoisotopic (exact) mass is 473 g/mol. The standard InChI is InChI=1S/C27H35N7O/c1-3-4-11-23-18-33(24-12-6-5-8-20(24)2)26(35)34(23)19-27(13-15-28-16-14-27)22-10-7-9-21(17-22)25-29-31-32-30-25/h7,9-10,13-18,20,24,28H,3-6,8,11-12,19H2,1-2H3,(H,29,30,31,32). The number of unbranched alkanes of at least 4 members (excludes halogenated alkanes) is 1. The molecular formula is C27H35N7O. The molecule has 0 saturated heterocycles. The van der Waals surface area contributed by atoms with E-state index in [-0.39, 0.29) is 11.7 Å². The van der Waals surface area contributed by atoms with Crippen LogP contribution in [0.2, 0.25) is 0 Å². The second-order valence-corrected chi connectivity index (χ2v) is 10.0. The Kier molecular flexibility index (Phi) is 6.70. The van der Waals surface area contributed by atoms with Gasteiger partial charge in [-0.2, -0.15) is 0 Å². The highest BCUT2D eigenvalue weighted by molar-refractivity contribution is 5.57. The number of aromatic nitrogens is 6. The summed E-state index contributed by atoms with van der Waals surface area (Å²) in [4.78, 5) is 13.9. The van der Waals surface area contributed by atoms with E-state index in [4.69, 9.17) is 0 Å². The summed E-state index contributed by atoms with van der Waals surface area (Å²) in [5, 5.41) is 17.6. The van der Waals surface area contributed by atoms with Crippen LogP contribution in [0.5, 0.6) is 0 Å². The van der Waals surface area contributed by atoms with E-state index < -0.39 is 5.41 Å².